The van der Waals surface area contributed by atoms with Crippen molar-refractivity contribution in [3.05, 3.63) is 71.1 Å². The summed E-state index contributed by atoms with van der Waals surface area (Å²) >= 11 is 0. The number of fused-ring (bicyclic) bond motifs is 3. The molecule has 0 unspecified atom stereocenters. The monoisotopic (exact) mass is 570 g/mol. The summed E-state index contributed by atoms with van der Waals surface area (Å²) in [5, 5.41) is 20.7. The summed E-state index contributed by atoms with van der Waals surface area (Å²) in [6.45, 7) is 0.367. The van der Waals surface area contributed by atoms with Gasteiger partial charge in [-0.3, -0.25) is 19.5 Å². The van der Waals surface area contributed by atoms with Gasteiger partial charge in [0.05, 0.1) is 30.2 Å². The Bertz CT molecular complexity index is 1350. The fourth-order valence-corrected chi connectivity index (χ4v) is 7.68. The van der Waals surface area contributed by atoms with Crippen molar-refractivity contribution in [3.63, 3.8) is 0 Å². The zero-order chi connectivity index (χ0) is 29.2. The van der Waals surface area contributed by atoms with E-state index in [0.29, 0.717) is 32.2 Å². The number of methoxy groups -OCH3 is 1. The van der Waals surface area contributed by atoms with Gasteiger partial charge in [-0.2, -0.15) is 0 Å². The minimum atomic E-state index is -1.02. The molecule has 2 aliphatic carbocycles. The number of amides is 2. The third-order valence-corrected chi connectivity index (χ3v) is 9.50. The molecule has 2 saturated heterocycles. The van der Waals surface area contributed by atoms with Gasteiger partial charge in [0.15, 0.2) is 0 Å². The number of aromatic hydroxyl groups is 1. The van der Waals surface area contributed by atoms with Gasteiger partial charge in [-0.25, -0.2) is 0 Å². The van der Waals surface area contributed by atoms with Gasteiger partial charge in [0.2, 0.25) is 11.8 Å². The number of likely N-dealkylation sites (tertiary alicyclic amines) is 1. The number of benzene rings is 1. The van der Waals surface area contributed by atoms with Crippen LogP contribution in [0.25, 0.3) is 11.6 Å². The molecule has 0 radical (unpaired) electrons. The Labute approximate surface area is 247 Å². The van der Waals surface area contributed by atoms with Crippen molar-refractivity contribution in [2.24, 2.45) is 17.8 Å². The number of aromatic nitrogens is 1. The van der Waals surface area contributed by atoms with Crippen molar-refractivity contribution in [2.45, 2.75) is 69.8 Å². The van der Waals surface area contributed by atoms with Gasteiger partial charge in [0, 0.05) is 19.3 Å². The van der Waals surface area contributed by atoms with Crippen molar-refractivity contribution in [1.29, 1.82) is 0 Å². The lowest BCUT2D eigenvalue weighted by molar-refractivity contribution is -0.143. The van der Waals surface area contributed by atoms with Crippen LogP contribution >= 0.6 is 0 Å². The van der Waals surface area contributed by atoms with Crippen molar-refractivity contribution >= 4 is 30.6 Å². The molecule has 0 spiro atoms. The molecule has 1 saturated carbocycles. The van der Waals surface area contributed by atoms with E-state index < -0.39 is 25.1 Å². The summed E-state index contributed by atoms with van der Waals surface area (Å²) in [7, 11) is 0.634. The zero-order valence-electron chi connectivity index (χ0n) is 24.2. The molecule has 3 fully saturated rings. The molecule has 3 heterocycles. The molecular formula is C33H39BN2O6. The summed E-state index contributed by atoms with van der Waals surface area (Å²) < 4.78 is 11.8. The molecular weight excluding hydrogens is 531 g/mol. The maximum absolute atomic E-state index is 14.0. The minimum Gasteiger partial charge on any atom is -0.508 e. The number of phenolic OH excluding ortho intramolecular Hbond substituents is 1. The first-order valence-electron chi connectivity index (χ1n) is 15.3. The van der Waals surface area contributed by atoms with Crippen LogP contribution in [0.2, 0.25) is 6.32 Å². The number of rotatable bonds is 8. The number of carbonyl (C=O) groups excluding carboxylic acids is 2. The Morgan fingerprint density at radius 3 is 2.60 bits per heavy atom. The number of hydrogen-bond donors (Lipinski definition) is 2. The Morgan fingerprint density at radius 1 is 1.10 bits per heavy atom. The third-order valence-electron chi connectivity index (χ3n) is 9.50. The summed E-state index contributed by atoms with van der Waals surface area (Å²) in [6, 6.07) is 12.8. The summed E-state index contributed by atoms with van der Waals surface area (Å²) in [4.78, 5) is 33.9. The fraction of sp³-hybridized carbons (Fsp3) is 0.485. The van der Waals surface area contributed by atoms with Crippen LogP contribution in [0.3, 0.4) is 0 Å². The molecule has 42 heavy (non-hydrogen) atoms. The Morgan fingerprint density at radius 2 is 1.88 bits per heavy atom. The van der Waals surface area contributed by atoms with Crippen molar-refractivity contribution < 1.29 is 29.1 Å². The van der Waals surface area contributed by atoms with Crippen LogP contribution < -0.4 is 0 Å². The van der Waals surface area contributed by atoms with Gasteiger partial charge in [-0.15, -0.1) is 0 Å². The Hall–Kier alpha value is -3.27. The highest BCUT2D eigenvalue weighted by Crippen LogP contribution is 2.51. The van der Waals surface area contributed by atoms with Gasteiger partial charge in [0.1, 0.15) is 5.75 Å². The largest absolute Gasteiger partial charge is 0.508 e. The van der Waals surface area contributed by atoms with E-state index >= 15 is 0 Å². The first-order chi connectivity index (χ1) is 20.4. The molecule has 220 valence electrons. The van der Waals surface area contributed by atoms with E-state index in [1.54, 1.807) is 30.3 Å². The summed E-state index contributed by atoms with van der Waals surface area (Å²) in [5.74, 6) is -1.02. The predicted molar refractivity (Wildman–Crippen MR) is 160 cm³/mol. The third kappa shape index (κ3) is 5.70. The van der Waals surface area contributed by atoms with Gasteiger partial charge < -0.3 is 19.5 Å². The maximum Gasteiger partial charge on any atom is 0.455 e. The van der Waals surface area contributed by atoms with E-state index in [2.05, 4.69) is 11.1 Å². The average Bonchev–Trinajstić information content (AvgIpc) is 3.26. The lowest BCUT2D eigenvalue weighted by Crippen LogP contribution is -2.47. The molecule has 1 aromatic heterocycles. The Kier molecular flexibility index (Phi) is 8.61. The van der Waals surface area contributed by atoms with E-state index in [4.69, 9.17) is 9.39 Å². The highest BCUT2D eigenvalue weighted by molar-refractivity contribution is 6.43. The number of nitrogens with zero attached hydrogens (tertiary/aromatic N) is 2. The molecule has 9 heteroatoms. The SMILES string of the molecule is COCC1=C2[C@@H](CC/C(=C/c3ccc(O)cc3)c3ccccn3)OB(O)C[C@@H]2[C@@H]2C(=O)N(C3CCCCC3)C(=O)[C@@H]2C1. The first kappa shape index (κ1) is 28.8. The van der Waals surface area contributed by atoms with E-state index in [-0.39, 0.29) is 29.5 Å². The van der Waals surface area contributed by atoms with Gasteiger partial charge in [-0.05, 0) is 97.0 Å². The van der Waals surface area contributed by atoms with Crippen LogP contribution in [-0.2, 0) is 19.0 Å². The number of hydrogen-bond acceptors (Lipinski definition) is 7. The second-order valence-corrected chi connectivity index (χ2v) is 12.1. The normalized spacial score (nSPS) is 27.0. The van der Waals surface area contributed by atoms with E-state index in [1.807, 2.05) is 30.3 Å². The van der Waals surface area contributed by atoms with Crippen molar-refractivity contribution in [3.8, 4) is 5.75 Å². The van der Waals surface area contributed by atoms with Crippen LogP contribution in [0.1, 0.15) is 62.6 Å². The lowest BCUT2D eigenvalue weighted by Gasteiger charge is -2.43. The molecule has 6 rings (SSSR count). The molecule has 8 nitrogen and oxygen atoms in total. The van der Waals surface area contributed by atoms with Gasteiger partial charge in [-0.1, -0.05) is 37.5 Å². The maximum atomic E-state index is 14.0. The smallest absolute Gasteiger partial charge is 0.455 e. The van der Waals surface area contributed by atoms with Crippen LogP contribution in [0, 0.1) is 17.8 Å². The quantitative estimate of drug-likeness (QED) is 0.265. The highest BCUT2D eigenvalue weighted by atomic mass is 16.5. The second-order valence-electron chi connectivity index (χ2n) is 12.1. The lowest BCUT2D eigenvalue weighted by atomic mass is 9.58. The molecule has 4 atom stereocenters. The standard InChI is InChI=1S/C33H39BN2O6/c1-41-20-23-18-26-31(33(39)36(32(26)38)24-7-3-2-4-8-24)27-19-34(40)42-29(30(23)27)15-12-22(28-9-5-6-16-35-28)17-21-10-13-25(37)14-11-21/h5-6,9-11,13-14,16-17,24,26-27,29,31,37,40H,2-4,7-8,12,15,18-20H2,1H3/b22-17-/t26-,27+,29-,31-/m1/s1. The van der Waals surface area contributed by atoms with Crippen LogP contribution in [0.5, 0.6) is 5.75 Å². The van der Waals surface area contributed by atoms with Crippen LogP contribution in [0.15, 0.2) is 59.8 Å². The molecule has 4 aliphatic rings. The number of carbonyl (C=O) groups is 2. The molecule has 2 aliphatic heterocycles. The van der Waals surface area contributed by atoms with Crippen molar-refractivity contribution in [2.75, 3.05) is 13.7 Å². The fourth-order valence-electron chi connectivity index (χ4n) is 7.68. The van der Waals surface area contributed by atoms with E-state index in [0.717, 1.165) is 60.1 Å². The summed E-state index contributed by atoms with van der Waals surface area (Å²) in [5.41, 5.74) is 4.83. The Balaban J connectivity index is 1.30. The molecule has 2 aromatic rings. The van der Waals surface area contributed by atoms with E-state index in [1.165, 1.54) is 0 Å². The minimum absolute atomic E-state index is 0.00907. The zero-order valence-corrected chi connectivity index (χ0v) is 24.2. The first-order valence-corrected chi connectivity index (χ1v) is 15.3. The number of allylic oxidation sites excluding steroid dienone is 1. The number of imide groups is 1. The molecule has 1 aromatic carbocycles. The average molecular weight is 570 g/mol. The number of phenols is 1. The number of pyridine rings is 1. The van der Waals surface area contributed by atoms with Crippen LogP contribution in [-0.4, -0.2) is 64.8 Å². The van der Waals surface area contributed by atoms with Crippen LogP contribution in [0.4, 0.5) is 0 Å². The van der Waals surface area contributed by atoms with Gasteiger partial charge in [0.25, 0.3) is 0 Å². The topological polar surface area (TPSA) is 109 Å². The van der Waals surface area contributed by atoms with E-state index in [9.17, 15) is 19.7 Å². The summed E-state index contributed by atoms with van der Waals surface area (Å²) in [6.07, 6.45) is 10.4. The highest BCUT2D eigenvalue weighted by Gasteiger charge is 2.58. The molecule has 2 amide bonds. The predicted octanol–water partition coefficient (Wildman–Crippen LogP) is 4.88. The molecule has 0 bridgehead atoms. The molecule has 2 N–H and O–H groups in total. The number of ether oxygens (including phenoxy) is 1. The van der Waals surface area contributed by atoms with Crippen molar-refractivity contribution in [1.82, 2.24) is 9.88 Å². The second kappa shape index (κ2) is 12.5. The van der Waals surface area contributed by atoms with Gasteiger partial charge >= 0.3 is 7.12 Å².